The Morgan fingerprint density at radius 2 is 2.14 bits per heavy atom. The van der Waals surface area contributed by atoms with Gasteiger partial charge < -0.3 is 5.73 Å². The molecule has 1 aromatic rings. The van der Waals surface area contributed by atoms with E-state index in [1.165, 1.54) is 0 Å². The summed E-state index contributed by atoms with van der Waals surface area (Å²) >= 11 is 0. The van der Waals surface area contributed by atoms with Gasteiger partial charge in [0.2, 0.25) is 12.2 Å². The number of hydrogen-bond donors (Lipinski definition) is 1. The highest BCUT2D eigenvalue weighted by molar-refractivity contribution is 5.99. The fourth-order valence-electron chi connectivity index (χ4n) is 1.81. The fourth-order valence-corrected chi connectivity index (χ4v) is 1.81. The molecule has 4 heteroatoms. The molecule has 1 unspecified atom stereocenters. The van der Waals surface area contributed by atoms with E-state index in [1.54, 1.807) is 7.05 Å². The summed E-state index contributed by atoms with van der Waals surface area (Å²) in [5.41, 5.74) is 7.91. The van der Waals surface area contributed by atoms with Gasteiger partial charge in [-0.1, -0.05) is 44.6 Å². The van der Waals surface area contributed by atoms with Gasteiger partial charge in [-0.2, -0.15) is 4.57 Å². The van der Waals surface area contributed by atoms with Gasteiger partial charge in [-0.05, 0) is 18.4 Å². The van der Waals surface area contributed by atoms with Gasteiger partial charge in [0.15, 0.2) is 0 Å². The Bertz CT molecular complexity index is 573. The third-order valence-corrected chi connectivity index (χ3v) is 3.43. The quantitative estimate of drug-likeness (QED) is 0.385. The molecule has 0 aliphatic carbocycles. The van der Waals surface area contributed by atoms with Crippen LogP contribution in [0.1, 0.15) is 27.2 Å². The highest BCUT2D eigenvalue weighted by atomic mass is 15.1. The second kappa shape index (κ2) is 8.25. The molecular formula is C17H27N4+. The first-order valence-electron chi connectivity index (χ1n) is 7.31. The van der Waals surface area contributed by atoms with Gasteiger partial charge in [0, 0.05) is 7.05 Å². The van der Waals surface area contributed by atoms with Crippen molar-refractivity contribution in [1.29, 1.82) is 0 Å². The van der Waals surface area contributed by atoms with E-state index in [9.17, 15) is 0 Å². The van der Waals surface area contributed by atoms with Gasteiger partial charge in [-0.25, -0.2) is 9.56 Å². The number of rotatable bonds is 5. The topological polar surface area (TPSA) is 47.2 Å². The molecule has 1 aromatic heterocycles. The number of nitrogens with zero attached hydrogens (tertiary/aromatic N) is 3. The third kappa shape index (κ3) is 5.06. The predicted molar refractivity (Wildman–Crippen MR) is 89.0 cm³/mol. The molecule has 1 rings (SSSR count). The Morgan fingerprint density at radius 3 is 2.67 bits per heavy atom. The highest BCUT2D eigenvalue weighted by Gasteiger charge is 2.13. The Kier molecular flexibility index (Phi) is 6.66. The first kappa shape index (κ1) is 17.0. The number of imidazole rings is 1. The van der Waals surface area contributed by atoms with Crippen LogP contribution in [0.15, 0.2) is 59.3 Å². The number of aliphatic imine (C=N–C) groups is 1. The van der Waals surface area contributed by atoms with Gasteiger partial charge in [0.1, 0.15) is 18.1 Å². The van der Waals surface area contributed by atoms with Gasteiger partial charge >= 0.3 is 0 Å². The van der Waals surface area contributed by atoms with Gasteiger partial charge in [0.05, 0.1) is 7.05 Å². The molecule has 0 fully saturated rings. The molecule has 0 saturated heterocycles. The van der Waals surface area contributed by atoms with Gasteiger partial charge in [-0.15, -0.1) is 0 Å². The van der Waals surface area contributed by atoms with E-state index in [4.69, 9.17) is 5.73 Å². The molecule has 2 N–H and O–H groups in total. The zero-order valence-electron chi connectivity index (χ0n) is 13.7. The molecule has 0 bridgehead atoms. The smallest absolute Gasteiger partial charge is 0.250 e. The number of aryl methyl sites for hydroxylation is 1. The lowest BCUT2D eigenvalue weighted by Crippen LogP contribution is -2.27. The lowest BCUT2D eigenvalue weighted by atomic mass is 10.1. The normalized spacial score (nSPS) is 15.8. The van der Waals surface area contributed by atoms with Crippen molar-refractivity contribution in [2.24, 2.45) is 23.7 Å². The Morgan fingerprint density at radius 1 is 1.43 bits per heavy atom. The lowest BCUT2D eigenvalue weighted by molar-refractivity contribution is -0.670. The van der Waals surface area contributed by atoms with Crippen LogP contribution in [0.2, 0.25) is 0 Å². The molecule has 4 nitrogen and oxygen atoms in total. The predicted octanol–water partition coefficient (Wildman–Crippen LogP) is 2.58. The van der Waals surface area contributed by atoms with Crippen LogP contribution in [0.5, 0.6) is 0 Å². The van der Waals surface area contributed by atoms with Crippen LogP contribution in [-0.2, 0) is 7.05 Å². The van der Waals surface area contributed by atoms with Crippen molar-refractivity contribution < 1.29 is 4.57 Å². The molecule has 1 atom stereocenters. The standard InChI is InChI=1S/C17H27N4/c1-6-14(2)9-7-8-10-15(3)16(18)17(19-4)21-12-11-20(5)13-21/h7-14H,6,18H2,1-5H3/q+1/b9-7-,10-8-,16-15-,19-17+. The second-order valence-corrected chi connectivity index (χ2v) is 5.26. The summed E-state index contributed by atoms with van der Waals surface area (Å²) < 4.78 is 3.88. The molecule has 0 amide bonds. The van der Waals surface area contributed by atoms with Crippen LogP contribution < -0.4 is 10.3 Å². The van der Waals surface area contributed by atoms with Crippen molar-refractivity contribution in [3.63, 3.8) is 0 Å². The molecule has 1 heterocycles. The molecule has 114 valence electrons. The third-order valence-electron chi connectivity index (χ3n) is 3.43. The number of aromatic nitrogens is 2. The van der Waals surface area contributed by atoms with Crippen LogP contribution in [0.25, 0.3) is 0 Å². The fraction of sp³-hybridized carbons (Fsp3) is 0.412. The van der Waals surface area contributed by atoms with Crippen molar-refractivity contribution in [2.75, 3.05) is 7.05 Å². The van der Waals surface area contributed by atoms with Gasteiger partial charge in [0.25, 0.3) is 0 Å². The van der Waals surface area contributed by atoms with E-state index in [-0.39, 0.29) is 0 Å². The van der Waals surface area contributed by atoms with E-state index in [2.05, 4.69) is 31.0 Å². The first-order chi connectivity index (χ1) is 9.99. The zero-order valence-corrected chi connectivity index (χ0v) is 13.7. The molecular weight excluding hydrogens is 260 g/mol. The van der Waals surface area contributed by atoms with Crippen LogP contribution in [0.4, 0.5) is 0 Å². The van der Waals surface area contributed by atoms with Crippen LogP contribution in [-0.4, -0.2) is 17.5 Å². The summed E-state index contributed by atoms with van der Waals surface area (Å²) in [6.07, 6.45) is 15.3. The Balaban J connectivity index is 2.89. The van der Waals surface area contributed by atoms with Crippen molar-refractivity contribution in [3.8, 4) is 0 Å². The van der Waals surface area contributed by atoms with Crippen molar-refractivity contribution >= 4 is 5.84 Å². The first-order valence-corrected chi connectivity index (χ1v) is 7.31. The van der Waals surface area contributed by atoms with Crippen LogP contribution in [0, 0.1) is 5.92 Å². The van der Waals surface area contributed by atoms with E-state index in [1.807, 2.05) is 54.0 Å². The number of hydrogen-bond acceptors (Lipinski definition) is 2. The summed E-state index contributed by atoms with van der Waals surface area (Å²) in [6.45, 7) is 6.38. The van der Waals surface area contributed by atoms with E-state index in [0.717, 1.165) is 17.8 Å². The molecule has 0 aliphatic rings. The SMILES string of the molecule is CCC(C)\C=C/C=C\C(C)=C(N)\C(=N/C)n1cc[n+](C)c1. The summed E-state index contributed by atoms with van der Waals surface area (Å²) in [6, 6.07) is 0. The van der Waals surface area contributed by atoms with Crippen molar-refractivity contribution in [3.05, 3.63) is 54.3 Å². The maximum absolute atomic E-state index is 6.22. The zero-order chi connectivity index (χ0) is 15.8. The second-order valence-electron chi connectivity index (χ2n) is 5.26. The van der Waals surface area contributed by atoms with Gasteiger partial charge in [-0.3, -0.25) is 0 Å². The Hall–Kier alpha value is -2.10. The largest absolute Gasteiger partial charge is 0.394 e. The molecule has 0 aliphatic heterocycles. The monoisotopic (exact) mass is 287 g/mol. The highest BCUT2D eigenvalue weighted by Crippen LogP contribution is 2.06. The average molecular weight is 287 g/mol. The summed E-state index contributed by atoms with van der Waals surface area (Å²) in [4.78, 5) is 4.29. The lowest BCUT2D eigenvalue weighted by Gasteiger charge is -2.04. The molecule has 21 heavy (non-hydrogen) atoms. The van der Waals surface area contributed by atoms with E-state index < -0.39 is 0 Å². The van der Waals surface area contributed by atoms with E-state index in [0.29, 0.717) is 11.6 Å². The van der Waals surface area contributed by atoms with Crippen molar-refractivity contribution in [2.45, 2.75) is 27.2 Å². The van der Waals surface area contributed by atoms with Crippen LogP contribution in [0.3, 0.4) is 0 Å². The minimum absolute atomic E-state index is 0.601. The van der Waals surface area contributed by atoms with Crippen molar-refractivity contribution in [1.82, 2.24) is 4.57 Å². The Labute approximate surface area is 128 Å². The minimum Gasteiger partial charge on any atom is -0.394 e. The number of allylic oxidation sites excluding steroid dienone is 6. The van der Waals surface area contributed by atoms with E-state index >= 15 is 0 Å². The maximum Gasteiger partial charge on any atom is 0.250 e. The maximum atomic E-state index is 6.22. The summed E-state index contributed by atoms with van der Waals surface area (Å²) in [5.74, 6) is 1.35. The molecule has 0 spiro atoms. The summed E-state index contributed by atoms with van der Waals surface area (Å²) in [7, 11) is 3.72. The average Bonchev–Trinajstić information content (AvgIpc) is 2.89. The molecule has 0 aromatic carbocycles. The number of nitrogens with two attached hydrogens (primary N) is 1. The minimum atomic E-state index is 0.601. The summed E-state index contributed by atoms with van der Waals surface area (Å²) in [5, 5.41) is 0. The van der Waals surface area contributed by atoms with Crippen LogP contribution >= 0.6 is 0 Å². The molecule has 0 saturated carbocycles. The molecule has 0 radical (unpaired) electrons.